The van der Waals surface area contributed by atoms with Gasteiger partial charge in [-0.05, 0) is 87.0 Å². The fourth-order valence-corrected chi connectivity index (χ4v) is 5.85. The zero-order chi connectivity index (χ0) is 23.2. The molecule has 0 spiro atoms. The lowest BCUT2D eigenvalue weighted by atomic mass is 9.83. The van der Waals surface area contributed by atoms with Gasteiger partial charge in [-0.3, -0.25) is 9.59 Å². The summed E-state index contributed by atoms with van der Waals surface area (Å²) < 4.78 is 29.5. The van der Waals surface area contributed by atoms with Crippen LogP contribution in [-0.2, 0) is 16.0 Å². The molecule has 1 aromatic rings. The Bertz CT molecular complexity index is 818. The van der Waals surface area contributed by atoms with E-state index < -0.39 is 6.61 Å². The smallest absolute Gasteiger partial charge is 0.387 e. The van der Waals surface area contributed by atoms with E-state index >= 15 is 0 Å². The van der Waals surface area contributed by atoms with Crippen LogP contribution in [0.1, 0.15) is 94.2 Å². The average molecular weight is 463 g/mol. The van der Waals surface area contributed by atoms with Crippen LogP contribution in [0.4, 0.5) is 8.78 Å². The Kier molecular flexibility index (Phi) is 8.20. The van der Waals surface area contributed by atoms with Crippen LogP contribution in [-0.4, -0.2) is 24.5 Å². The summed E-state index contributed by atoms with van der Waals surface area (Å²) >= 11 is 0. The molecular formula is C26H36F2N2O3. The van der Waals surface area contributed by atoms with E-state index in [-0.39, 0.29) is 35.6 Å². The van der Waals surface area contributed by atoms with Gasteiger partial charge in [-0.1, -0.05) is 25.3 Å². The van der Waals surface area contributed by atoms with Crippen molar-refractivity contribution < 1.29 is 23.1 Å². The normalized spacial score (nSPS) is 25.8. The second-order valence-corrected chi connectivity index (χ2v) is 10.0. The van der Waals surface area contributed by atoms with Crippen molar-refractivity contribution in [3.63, 3.8) is 0 Å². The molecule has 2 N–H and O–H groups in total. The number of nitrogens with one attached hydrogen (secondary N) is 2. The SMILES string of the molecule is O=C(CC1CCCCC1)NC1CCC(C(=O)NC2CCCc3cc(OC(F)F)ccc32)CC1. The van der Waals surface area contributed by atoms with Crippen molar-refractivity contribution in [1.82, 2.24) is 10.6 Å². The third-order valence-electron chi connectivity index (χ3n) is 7.63. The number of aryl methyl sites for hydroxylation is 1. The van der Waals surface area contributed by atoms with E-state index in [9.17, 15) is 18.4 Å². The molecule has 2 saturated carbocycles. The van der Waals surface area contributed by atoms with Crippen LogP contribution in [0.5, 0.6) is 5.75 Å². The molecule has 3 aliphatic rings. The summed E-state index contributed by atoms with van der Waals surface area (Å²) in [6.45, 7) is -2.84. The van der Waals surface area contributed by atoms with Crippen molar-refractivity contribution >= 4 is 11.8 Å². The number of hydrogen-bond donors (Lipinski definition) is 2. The molecule has 182 valence electrons. The molecule has 3 aliphatic carbocycles. The summed E-state index contributed by atoms with van der Waals surface area (Å²) in [7, 11) is 0. The van der Waals surface area contributed by atoms with E-state index in [1.165, 1.54) is 32.1 Å². The van der Waals surface area contributed by atoms with Gasteiger partial charge >= 0.3 is 6.61 Å². The van der Waals surface area contributed by atoms with Crippen LogP contribution >= 0.6 is 0 Å². The number of rotatable bonds is 7. The lowest BCUT2D eigenvalue weighted by molar-refractivity contribution is -0.127. The molecule has 5 nitrogen and oxygen atoms in total. The number of carbonyl (C=O) groups excluding carboxylic acids is 2. The fourth-order valence-electron chi connectivity index (χ4n) is 5.85. The molecule has 7 heteroatoms. The first-order valence-electron chi connectivity index (χ1n) is 12.7. The molecule has 0 saturated heterocycles. The maximum absolute atomic E-state index is 13.0. The Labute approximate surface area is 195 Å². The first kappa shape index (κ1) is 24.0. The van der Waals surface area contributed by atoms with Crippen molar-refractivity contribution in [1.29, 1.82) is 0 Å². The highest BCUT2D eigenvalue weighted by Crippen LogP contribution is 2.34. The minimum Gasteiger partial charge on any atom is -0.435 e. The first-order chi connectivity index (χ1) is 16.0. The number of alkyl halides is 2. The van der Waals surface area contributed by atoms with Crippen molar-refractivity contribution in [2.75, 3.05) is 0 Å². The largest absolute Gasteiger partial charge is 0.435 e. The number of carbonyl (C=O) groups is 2. The van der Waals surface area contributed by atoms with Crippen LogP contribution in [0.2, 0.25) is 0 Å². The monoisotopic (exact) mass is 462 g/mol. The predicted octanol–water partition coefficient (Wildman–Crippen LogP) is 5.43. The van der Waals surface area contributed by atoms with Gasteiger partial charge in [0.05, 0.1) is 6.04 Å². The molecular weight excluding hydrogens is 426 g/mol. The van der Waals surface area contributed by atoms with Gasteiger partial charge in [-0.15, -0.1) is 0 Å². The summed E-state index contributed by atoms with van der Waals surface area (Å²) in [5.74, 6) is 0.900. The highest BCUT2D eigenvalue weighted by atomic mass is 19.3. The summed E-state index contributed by atoms with van der Waals surface area (Å²) in [4.78, 5) is 25.4. The molecule has 1 aromatic carbocycles. The molecule has 2 fully saturated rings. The summed E-state index contributed by atoms with van der Waals surface area (Å²) in [6.07, 6.45) is 12.6. The third-order valence-corrected chi connectivity index (χ3v) is 7.63. The second-order valence-electron chi connectivity index (χ2n) is 10.0. The molecule has 1 unspecified atom stereocenters. The van der Waals surface area contributed by atoms with E-state index in [2.05, 4.69) is 15.4 Å². The number of benzene rings is 1. The lowest BCUT2D eigenvalue weighted by Crippen LogP contribution is -2.42. The zero-order valence-corrected chi connectivity index (χ0v) is 19.3. The van der Waals surface area contributed by atoms with Crippen LogP contribution < -0.4 is 15.4 Å². The Morgan fingerprint density at radius 1 is 0.939 bits per heavy atom. The number of ether oxygens (including phenoxy) is 1. The van der Waals surface area contributed by atoms with Gasteiger partial charge in [-0.2, -0.15) is 8.78 Å². The Morgan fingerprint density at radius 2 is 1.70 bits per heavy atom. The topological polar surface area (TPSA) is 67.4 Å². The number of amides is 2. The molecule has 0 aliphatic heterocycles. The van der Waals surface area contributed by atoms with E-state index in [4.69, 9.17) is 0 Å². The maximum Gasteiger partial charge on any atom is 0.387 e. The van der Waals surface area contributed by atoms with Gasteiger partial charge in [0, 0.05) is 18.4 Å². The Morgan fingerprint density at radius 3 is 2.42 bits per heavy atom. The summed E-state index contributed by atoms with van der Waals surface area (Å²) in [5, 5.41) is 6.40. The minimum atomic E-state index is -2.84. The maximum atomic E-state index is 13.0. The highest BCUT2D eigenvalue weighted by molar-refractivity contribution is 5.79. The van der Waals surface area contributed by atoms with Gasteiger partial charge in [0.25, 0.3) is 0 Å². The van der Waals surface area contributed by atoms with Crippen molar-refractivity contribution in [2.45, 2.75) is 102 Å². The molecule has 0 bridgehead atoms. The highest BCUT2D eigenvalue weighted by Gasteiger charge is 2.30. The molecule has 1 atom stereocenters. The quantitative estimate of drug-likeness (QED) is 0.568. The third kappa shape index (κ3) is 6.67. The molecule has 4 rings (SSSR count). The van der Waals surface area contributed by atoms with Crippen molar-refractivity contribution in [3.8, 4) is 5.75 Å². The first-order valence-corrected chi connectivity index (χ1v) is 12.7. The molecule has 33 heavy (non-hydrogen) atoms. The van der Waals surface area contributed by atoms with E-state index in [1.807, 2.05) is 0 Å². The van der Waals surface area contributed by atoms with Gasteiger partial charge < -0.3 is 15.4 Å². The minimum absolute atomic E-state index is 0.0386. The predicted molar refractivity (Wildman–Crippen MR) is 122 cm³/mol. The van der Waals surface area contributed by atoms with Gasteiger partial charge in [0.2, 0.25) is 11.8 Å². The molecule has 2 amide bonds. The molecule has 0 aromatic heterocycles. The van der Waals surface area contributed by atoms with Gasteiger partial charge in [-0.25, -0.2) is 0 Å². The standard InChI is InChI=1S/C26H36F2N2O3/c27-26(28)33-21-13-14-22-19(16-21)7-4-8-23(22)30-25(32)18-9-11-20(12-10-18)29-24(31)15-17-5-2-1-3-6-17/h13-14,16-18,20,23,26H,1-12,15H2,(H,29,31)(H,30,32). The van der Waals surface area contributed by atoms with Gasteiger partial charge in [0.15, 0.2) is 0 Å². The molecule has 0 heterocycles. The Hall–Kier alpha value is -2.18. The number of hydrogen-bond acceptors (Lipinski definition) is 3. The number of fused-ring (bicyclic) bond motifs is 1. The van der Waals surface area contributed by atoms with Crippen molar-refractivity contribution in [2.24, 2.45) is 11.8 Å². The van der Waals surface area contributed by atoms with Crippen LogP contribution in [0.3, 0.4) is 0 Å². The number of halogens is 2. The second kappa shape index (κ2) is 11.3. The fraction of sp³-hybridized carbons (Fsp3) is 0.692. The average Bonchev–Trinajstić information content (AvgIpc) is 2.80. The van der Waals surface area contributed by atoms with Gasteiger partial charge in [0.1, 0.15) is 5.75 Å². The summed E-state index contributed by atoms with van der Waals surface area (Å²) in [5.41, 5.74) is 1.97. The van der Waals surface area contributed by atoms with E-state index in [0.717, 1.165) is 56.1 Å². The lowest BCUT2D eigenvalue weighted by Gasteiger charge is -2.32. The van der Waals surface area contributed by atoms with Crippen LogP contribution in [0.25, 0.3) is 0 Å². The van der Waals surface area contributed by atoms with E-state index in [1.54, 1.807) is 18.2 Å². The van der Waals surface area contributed by atoms with Crippen LogP contribution in [0, 0.1) is 11.8 Å². The Balaban J connectivity index is 1.24. The summed E-state index contributed by atoms with van der Waals surface area (Å²) in [6, 6.07) is 5.11. The van der Waals surface area contributed by atoms with E-state index in [0.29, 0.717) is 12.3 Å². The van der Waals surface area contributed by atoms with Crippen LogP contribution in [0.15, 0.2) is 18.2 Å². The van der Waals surface area contributed by atoms with Crippen molar-refractivity contribution in [3.05, 3.63) is 29.3 Å². The zero-order valence-electron chi connectivity index (χ0n) is 19.3. The molecule has 0 radical (unpaired) electrons.